The molecule has 0 saturated carbocycles. The van der Waals surface area contributed by atoms with Crippen LogP contribution in [0.4, 0.5) is 11.5 Å². The van der Waals surface area contributed by atoms with Gasteiger partial charge in [-0.3, -0.25) is 4.98 Å². The first-order valence-corrected chi connectivity index (χ1v) is 13.0. The molecule has 1 aliphatic rings. The van der Waals surface area contributed by atoms with E-state index in [1.54, 1.807) is 55.9 Å². The Hall–Kier alpha value is -3.22. The average molecular weight is 527 g/mol. The van der Waals surface area contributed by atoms with E-state index in [4.69, 9.17) is 21.1 Å². The summed E-state index contributed by atoms with van der Waals surface area (Å²) >= 11 is 6.32. The van der Waals surface area contributed by atoms with Gasteiger partial charge in [-0.2, -0.15) is 4.31 Å². The second-order valence-electron chi connectivity index (χ2n) is 8.01. The monoisotopic (exact) mass is 526 g/mol. The molecule has 5 rings (SSSR count). The molecule has 0 bridgehead atoms. The summed E-state index contributed by atoms with van der Waals surface area (Å²) in [7, 11) is -2.01. The Morgan fingerprint density at radius 1 is 1.11 bits per heavy atom. The maximum absolute atomic E-state index is 12.9. The van der Waals surface area contributed by atoms with Gasteiger partial charge < -0.3 is 14.8 Å². The molecule has 1 aromatic carbocycles. The van der Waals surface area contributed by atoms with Gasteiger partial charge in [0.25, 0.3) is 0 Å². The Morgan fingerprint density at radius 3 is 2.61 bits per heavy atom. The molecule has 36 heavy (non-hydrogen) atoms. The first-order valence-electron chi connectivity index (χ1n) is 11.2. The molecule has 0 spiro atoms. The number of methoxy groups -OCH3 is 1. The minimum absolute atomic E-state index is 0.204. The SMILES string of the molecule is COCc1nc(Nc2ccc(S(=O)(=O)N3CCOCC3)cc2)c2ncc(-c3ncccc3Cl)cc2n1. The normalized spacial score (nSPS) is 14.7. The van der Waals surface area contributed by atoms with Crippen molar-refractivity contribution in [3.05, 3.63) is 65.7 Å². The third kappa shape index (κ3) is 5.01. The van der Waals surface area contributed by atoms with Gasteiger partial charge in [0.15, 0.2) is 11.6 Å². The van der Waals surface area contributed by atoms with Gasteiger partial charge in [0.1, 0.15) is 12.1 Å². The lowest BCUT2D eigenvalue weighted by molar-refractivity contribution is 0.0730. The molecule has 3 aromatic heterocycles. The molecule has 4 aromatic rings. The van der Waals surface area contributed by atoms with E-state index < -0.39 is 10.0 Å². The van der Waals surface area contributed by atoms with Gasteiger partial charge in [0.2, 0.25) is 10.0 Å². The fraction of sp³-hybridized carbons (Fsp3) is 0.250. The van der Waals surface area contributed by atoms with E-state index in [1.165, 1.54) is 4.31 Å². The summed E-state index contributed by atoms with van der Waals surface area (Å²) in [6.45, 7) is 1.68. The fourth-order valence-electron chi connectivity index (χ4n) is 3.86. The highest BCUT2D eigenvalue weighted by molar-refractivity contribution is 7.89. The van der Waals surface area contributed by atoms with Crippen LogP contribution in [0.5, 0.6) is 0 Å². The lowest BCUT2D eigenvalue weighted by Crippen LogP contribution is -2.40. The average Bonchev–Trinajstić information content (AvgIpc) is 2.90. The standard InChI is InChI=1S/C24H23ClN6O4S/c1-34-15-21-29-20-13-16(22-19(25)3-2-8-26-22)14-27-23(20)24(30-21)28-17-4-6-18(7-5-17)36(32,33)31-9-11-35-12-10-31/h2-8,13-14H,9-12,15H2,1H3,(H,28,29,30). The summed E-state index contributed by atoms with van der Waals surface area (Å²) < 4.78 is 37.8. The predicted molar refractivity (Wildman–Crippen MR) is 136 cm³/mol. The van der Waals surface area contributed by atoms with Gasteiger partial charge in [0, 0.05) is 43.8 Å². The van der Waals surface area contributed by atoms with Crippen LogP contribution in [0, 0.1) is 0 Å². The van der Waals surface area contributed by atoms with Crippen molar-refractivity contribution in [2.24, 2.45) is 0 Å². The number of anilines is 2. The Morgan fingerprint density at radius 2 is 1.89 bits per heavy atom. The Kier molecular flexibility index (Phi) is 7.08. The zero-order chi connectivity index (χ0) is 25.1. The minimum Gasteiger partial charge on any atom is -0.379 e. The summed E-state index contributed by atoms with van der Waals surface area (Å²) in [5.74, 6) is 0.930. The first-order chi connectivity index (χ1) is 17.5. The van der Waals surface area contributed by atoms with Crippen molar-refractivity contribution >= 4 is 44.2 Å². The molecule has 10 nitrogen and oxygen atoms in total. The molecule has 0 radical (unpaired) electrons. The minimum atomic E-state index is -3.58. The maximum Gasteiger partial charge on any atom is 0.243 e. The highest BCUT2D eigenvalue weighted by Gasteiger charge is 2.26. The molecular formula is C24H23ClN6O4S. The third-order valence-electron chi connectivity index (χ3n) is 5.61. The van der Waals surface area contributed by atoms with Crippen molar-refractivity contribution in [3.63, 3.8) is 0 Å². The van der Waals surface area contributed by atoms with Crippen LogP contribution < -0.4 is 5.32 Å². The summed E-state index contributed by atoms with van der Waals surface area (Å²) in [5, 5.41) is 3.74. The van der Waals surface area contributed by atoms with Crippen LogP contribution in [0.3, 0.4) is 0 Å². The Bertz CT molecular complexity index is 1490. The number of sulfonamides is 1. The van der Waals surface area contributed by atoms with E-state index in [-0.39, 0.29) is 11.5 Å². The van der Waals surface area contributed by atoms with E-state index >= 15 is 0 Å². The smallest absolute Gasteiger partial charge is 0.243 e. The van der Waals surface area contributed by atoms with Crippen LogP contribution in [0.15, 0.2) is 59.8 Å². The molecule has 12 heteroatoms. The molecule has 1 fully saturated rings. The maximum atomic E-state index is 12.9. The Balaban J connectivity index is 1.47. The van der Waals surface area contributed by atoms with Crippen LogP contribution in [0.2, 0.25) is 5.02 Å². The van der Waals surface area contributed by atoms with Crippen LogP contribution in [-0.2, 0) is 26.1 Å². The zero-order valence-electron chi connectivity index (χ0n) is 19.4. The number of ether oxygens (including phenoxy) is 2. The van der Waals surface area contributed by atoms with E-state index in [0.29, 0.717) is 65.4 Å². The zero-order valence-corrected chi connectivity index (χ0v) is 21.0. The van der Waals surface area contributed by atoms with Gasteiger partial charge >= 0.3 is 0 Å². The molecular weight excluding hydrogens is 504 g/mol. The van der Waals surface area contributed by atoms with Crippen LogP contribution in [0.1, 0.15) is 5.82 Å². The lowest BCUT2D eigenvalue weighted by Gasteiger charge is -2.26. The predicted octanol–water partition coefficient (Wildman–Crippen LogP) is 3.65. The quantitative estimate of drug-likeness (QED) is 0.384. The molecule has 1 N–H and O–H groups in total. The number of hydrogen-bond donors (Lipinski definition) is 1. The number of pyridine rings is 2. The number of nitrogens with one attached hydrogen (secondary N) is 1. The summed E-state index contributed by atoms with van der Waals surface area (Å²) in [4.78, 5) is 18.3. The number of fused-ring (bicyclic) bond motifs is 1. The number of morpholine rings is 1. The number of halogens is 1. The van der Waals surface area contributed by atoms with Gasteiger partial charge in [-0.15, -0.1) is 0 Å². The second kappa shape index (κ2) is 10.4. The second-order valence-corrected chi connectivity index (χ2v) is 10.4. The van der Waals surface area contributed by atoms with E-state index in [1.807, 2.05) is 6.07 Å². The number of nitrogens with zero attached hydrogens (tertiary/aromatic N) is 5. The van der Waals surface area contributed by atoms with Gasteiger partial charge in [-0.05, 0) is 42.5 Å². The number of aromatic nitrogens is 4. The first kappa shape index (κ1) is 24.5. The van der Waals surface area contributed by atoms with E-state index in [9.17, 15) is 8.42 Å². The van der Waals surface area contributed by atoms with E-state index in [0.717, 1.165) is 5.56 Å². The van der Waals surface area contributed by atoms with Gasteiger partial charge in [-0.25, -0.2) is 23.4 Å². The number of rotatable bonds is 7. The molecule has 0 atom stereocenters. The molecule has 0 unspecified atom stereocenters. The van der Waals surface area contributed by atoms with Gasteiger partial charge in [0.05, 0.1) is 34.3 Å². The molecule has 1 saturated heterocycles. The number of hydrogen-bond acceptors (Lipinski definition) is 9. The lowest BCUT2D eigenvalue weighted by atomic mass is 10.1. The topological polar surface area (TPSA) is 119 Å². The van der Waals surface area contributed by atoms with Crippen molar-refractivity contribution in [1.82, 2.24) is 24.2 Å². The fourth-order valence-corrected chi connectivity index (χ4v) is 5.50. The van der Waals surface area contributed by atoms with Crippen LogP contribution in [-0.4, -0.2) is 66.1 Å². The molecule has 1 aliphatic heterocycles. The van der Waals surface area contributed by atoms with Crippen molar-refractivity contribution in [1.29, 1.82) is 0 Å². The van der Waals surface area contributed by atoms with Crippen LogP contribution >= 0.6 is 11.6 Å². The van der Waals surface area contributed by atoms with Gasteiger partial charge in [-0.1, -0.05) is 11.6 Å². The van der Waals surface area contributed by atoms with Crippen molar-refractivity contribution in [3.8, 4) is 11.3 Å². The highest BCUT2D eigenvalue weighted by atomic mass is 35.5. The third-order valence-corrected chi connectivity index (χ3v) is 7.83. The Labute approximate surface area is 213 Å². The molecule has 0 aliphatic carbocycles. The molecule has 0 amide bonds. The van der Waals surface area contributed by atoms with Crippen molar-refractivity contribution < 1.29 is 17.9 Å². The van der Waals surface area contributed by atoms with Crippen molar-refractivity contribution in [2.75, 3.05) is 38.7 Å². The van der Waals surface area contributed by atoms with Crippen molar-refractivity contribution in [2.45, 2.75) is 11.5 Å². The van der Waals surface area contributed by atoms with E-state index in [2.05, 4.69) is 25.3 Å². The number of benzene rings is 1. The highest BCUT2D eigenvalue weighted by Crippen LogP contribution is 2.30. The molecule has 186 valence electrons. The summed E-state index contributed by atoms with van der Waals surface area (Å²) in [5.41, 5.74) is 3.10. The van der Waals surface area contributed by atoms with Crippen LogP contribution in [0.25, 0.3) is 22.3 Å². The largest absolute Gasteiger partial charge is 0.379 e. The molecule has 4 heterocycles. The summed E-state index contributed by atoms with van der Waals surface area (Å²) in [6, 6.07) is 11.9. The summed E-state index contributed by atoms with van der Waals surface area (Å²) in [6.07, 6.45) is 3.33.